The number of anilines is 3. The number of para-hydroxylation sites is 1. The lowest BCUT2D eigenvalue weighted by molar-refractivity contribution is -0.383. The number of nitrogens with zero attached hydrogens (tertiary/aromatic N) is 2. The maximum atomic E-state index is 11.3. The normalized spacial score (nSPS) is 14.2. The lowest BCUT2D eigenvalue weighted by Crippen LogP contribution is -2.17. The first-order valence-corrected chi connectivity index (χ1v) is 7.09. The molecule has 1 aliphatic rings. The number of rotatable bonds is 4. The zero-order chi connectivity index (χ0) is 14.7. The predicted octanol–water partition coefficient (Wildman–Crippen LogP) is 3.94. The lowest BCUT2D eigenvalue weighted by Gasteiger charge is -2.18. The van der Waals surface area contributed by atoms with Crippen LogP contribution in [0.15, 0.2) is 48.5 Å². The van der Waals surface area contributed by atoms with Crippen molar-refractivity contribution in [3.8, 4) is 0 Å². The van der Waals surface area contributed by atoms with Crippen molar-refractivity contribution in [1.82, 2.24) is 0 Å². The molecule has 2 aromatic rings. The molecule has 0 unspecified atom stereocenters. The quantitative estimate of drug-likeness (QED) is 0.682. The Morgan fingerprint density at radius 1 is 1.05 bits per heavy atom. The number of hydrogen-bond donors (Lipinski definition) is 1. The summed E-state index contributed by atoms with van der Waals surface area (Å²) in [6.45, 7) is 1.95. The van der Waals surface area contributed by atoms with E-state index < -0.39 is 0 Å². The molecule has 0 saturated carbocycles. The Balaban J connectivity index is 1.91. The van der Waals surface area contributed by atoms with Crippen LogP contribution in [0.25, 0.3) is 0 Å². The fraction of sp³-hybridized carbons (Fsp3) is 0.250. The average molecular weight is 283 g/mol. The van der Waals surface area contributed by atoms with Crippen LogP contribution < -0.4 is 10.2 Å². The van der Waals surface area contributed by atoms with Gasteiger partial charge in [-0.3, -0.25) is 10.1 Å². The predicted molar refractivity (Wildman–Crippen MR) is 84.3 cm³/mol. The van der Waals surface area contributed by atoms with Gasteiger partial charge in [-0.2, -0.15) is 0 Å². The molecular weight excluding hydrogens is 266 g/mol. The molecule has 5 heteroatoms. The van der Waals surface area contributed by atoms with Crippen LogP contribution >= 0.6 is 0 Å². The SMILES string of the molecule is O=[N+]([O-])c1cc(N2CCCC2)ccc1Nc1ccccc1. The molecule has 1 N–H and O–H groups in total. The van der Waals surface area contributed by atoms with Crippen molar-refractivity contribution in [3.05, 3.63) is 58.6 Å². The fourth-order valence-corrected chi connectivity index (χ4v) is 2.63. The van der Waals surface area contributed by atoms with E-state index in [1.807, 2.05) is 36.4 Å². The molecule has 0 aromatic heterocycles. The Hall–Kier alpha value is -2.56. The molecule has 21 heavy (non-hydrogen) atoms. The van der Waals surface area contributed by atoms with E-state index in [-0.39, 0.29) is 10.6 Å². The second kappa shape index (κ2) is 5.83. The summed E-state index contributed by atoms with van der Waals surface area (Å²) in [6.07, 6.45) is 2.30. The van der Waals surface area contributed by atoms with Gasteiger partial charge >= 0.3 is 0 Å². The van der Waals surface area contributed by atoms with E-state index >= 15 is 0 Å². The Morgan fingerprint density at radius 2 is 1.76 bits per heavy atom. The third-order valence-corrected chi connectivity index (χ3v) is 3.70. The van der Waals surface area contributed by atoms with Crippen LogP contribution in [0.2, 0.25) is 0 Å². The van der Waals surface area contributed by atoms with Crippen molar-refractivity contribution in [1.29, 1.82) is 0 Å². The summed E-state index contributed by atoms with van der Waals surface area (Å²) in [5, 5.41) is 14.4. The van der Waals surface area contributed by atoms with Crippen LogP contribution in [-0.2, 0) is 0 Å². The topological polar surface area (TPSA) is 58.4 Å². The summed E-state index contributed by atoms with van der Waals surface area (Å²) in [5.41, 5.74) is 2.41. The van der Waals surface area contributed by atoms with Gasteiger partial charge in [-0.1, -0.05) is 18.2 Å². The van der Waals surface area contributed by atoms with E-state index in [0.29, 0.717) is 5.69 Å². The second-order valence-corrected chi connectivity index (χ2v) is 5.14. The molecule has 0 amide bonds. The minimum atomic E-state index is -0.329. The van der Waals surface area contributed by atoms with Gasteiger partial charge in [0.05, 0.1) is 4.92 Å². The Labute approximate surface area is 123 Å². The largest absolute Gasteiger partial charge is 0.371 e. The van der Waals surface area contributed by atoms with Crippen molar-refractivity contribution in [2.75, 3.05) is 23.3 Å². The Morgan fingerprint density at radius 3 is 2.43 bits per heavy atom. The molecule has 2 aromatic carbocycles. The third kappa shape index (κ3) is 2.97. The number of hydrogen-bond acceptors (Lipinski definition) is 4. The van der Waals surface area contributed by atoms with Gasteiger partial charge in [-0.15, -0.1) is 0 Å². The van der Waals surface area contributed by atoms with E-state index in [1.165, 1.54) is 0 Å². The maximum absolute atomic E-state index is 11.3. The maximum Gasteiger partial charge on any atom is 0.294 e. The molecule has 5 nitrogen and oxygen atoms in total. The molecule has 1 saturated heterocycles. The van der Waals surface area contributed by atoms with Crippen molar-refractivity contribution in [2.45, 2.75) is 12.8 Å². The van der Waals surface area contributed by atoms with Gasteiger partial charge in [-0.25, -0.2) is 0 Å². The molecule has 1 fully saturated rings. The van der Waals surface area contributed by atoms with Crippen LogP contribution in [0, 0.1) is 10.1 Å². The molecule has 0 bridgehead atoms. The average Bonchev–Trinajstić information content (AvgIpc) is 3.03. The fourth-order valence-electron chi connectivity index (χ4n) is 2.63. The number of nitro benzene ring substituents is 1. The van der Waals surface area contributed by atoms with Crippen LogP contribution in [0.4, 0.5) is 22.7 Å². The first-order valence-electron chi connectivity index (χ1n) is 7.09. The second-order valence-electron chi connectivity index (χ2n) is 5.14. The van der Waals surface area contributed by atoms with Gasteiger partial charge < -0.3 is 10.2 Å². The minimum Gasteiger partial charge on any atom is -0.371 e. The highest BCUT2D eigenvalue weighted by atomic mass is 16.6. The van der Waals surface area contributed by atoms with Crippen molar-refractivity contribution < 1.29 is 4.92 Å². The van der Waals surface area contributed by atoms with Crippen molar-refractivity contribution in [2.24, 2.45) is 0 Å². The van der Waals surface area contributed by atoms with Crippen LogP contribution in [0.5, 0.6) is 0 Å². The van der Waals surface area contributed by atoms with Gasteiger partial charge in [-0.05, 0) is 37.1 Å². The summed E-state index contributed by atoms with van der Waals surface area (Å²) in [4.78, 5) is 13.2. The monoisotopic (exact) mass is 283 g/mol. The molecule has 0 aliphatic carbocycles. The van der Waals surface area contributed by atoms with Crippen molar-refractivity contribution >= 4 is 22.7 Å². The summed E-state index contributed by atoms with van der Waals surface area (Å²) < 4.78 is 0. The molecule has 1 heterocycles. The first-order chi connectivity index (χ1) is 10.2. The molecule has 1 aliphatic heterocycles. The highest BCUT2D eigenvalue weighted by Gasteiger charge is 2.19. The number of nitrogens with one attached hydrogen (secondary N) is 1. The zero-order valence-corrected chi connectivity index (χ0v) is 11.7. The van der Waals surface area contributed by atoms with Gasteiger partial charge in [0, 0.05) is 30.5 Å². The molecule has 0 atom stereocenters. The van der Waals surface area contributed by atoms with Gasteiger partial charge in [0.15, 0.2) is 0 Å². The molecule has 108 valence electrons. The Kier molecular flexibility index (Phi) is 3.73. The first kappa shape index (κ1) is 13.4. The van der Waals surface area contributed by atoms with Gasteiger partial charge in [0.25, 0.3) is 5.69 Å². The molecule has 0 spiro atoms. The summed E-state index contributed by atoms with van der Waals surface area (Å²) in [6, 6.07) is 14.9. The minimum absolute atomic E-state index is 0.114. The van der Waals surface area contributed by atoms with E-state index in [2.05, 4.69) is 10.2 Å². The summed E-state index contributed by atoms with van der Waals surface area (Å²) in [5.74, 6) is 0. The highest BCUT2D eigenvalue weighted by molar-refractivity contribution is 5.73. The van der Waals surface area contributed by atoms with Crippen LogP contribution in [-0.4, -0.2) is 18.0 Å². The number of nitro groups is 1. The standard InChI is InChI=1S/C16H17N3O2/c20-19(21)16-12-14(18-10-4-5-11-18)8-9-15(16)17-13-6-2-1-3-7-13/h1-3,6-9,12,17H,4-5,10-11H2. The van der Waals surface area contributed by atoms with E-state index in [0.717, 1.165) is 37.3 Å². The van der Waals surface area contributed by atoms with Crippen LogP contribution in [0.3, 0.4) is 0 Å². The van der Waals surface area contributed by atoms with Gasteiger partial charge in [0.1, 0.15) is 5.69 Å². The van der Waals surface area contributed by atoms with E-state index in [1.54, 1.807) is 12.1 Å². The molecular formula is C16H17N3O2. The lowest BCUT2D eigenvalue weighted by atomic mass is 10.2. The van der Waals surface area contributed by atoms with Crippen LogP contribution in [0.1, 0.15) is 12.8 Å². The summed E-state index contributed by atoms with van der Waals surface area (Å²) in [7, 11) is 0. The highest BCUT2D eigenvalue weighted by Crippen LogP contribution is 2.32. The van der Waals surface area contributed by atoms with E-state index in [9.17, 15) is 10.1 Å². The van der Waals surface area contributed by atoms with Gasteiger partial charge in [0.2, 0.25) is 0 Å². The summed E-state index contributed by atoms with van der Waals surface area (Å²) >= 11 is 0. The number of benzene rings is 2. The van der Waals surface area contributed by atoms with E-state index in [4.69, 9.17) is 0 Å². The smallest absolute Gasteiger partial charge is 0.294 e. The van der Waals surface area contributed by atoms with Crippen molar-refractivity contribution in [3.63, 3.8) is 0 Å². The molecule has 3 rings (SSSR count). The molecule has 0 radical (unpaired) electrons. The Bertz CT molecular complexity index is 637. The zero-order valence-electron chi connectivity index (χ0n) is 11.7. The third-order valence-electron chi connectivity index (χ3n) is 3.70.